The lowest BCUT2D eigenvalue weighted by molar-refractivity contribution is -0.148. The van der Waals surface area contributed by atoms with Crippen LogP contribution < -0.4 is 0 Å². The highest BCUT2D eigenvalue weighted by molar-refractivity contribution is 9.10. The molecule has 0 aromatic heterocycles. The largest absolute Gasteiger partial charge is 0.467 e. The zero-order valence-electron chi connectivity index (χ0n) is 11.3. The minimum atomic E-state index is -1.11. The Hall–Kier alpha value is -0.940. The van der Waals surface area contributed by atoms with E-state index in [1.54, 1.807) is 19.1 Å². The average Bonchev–Trinajstić information content (AvgIpc) is 2.97. The first-order valence-corrected chi connectivity index (χ1v) is 6.83. The van der Waals surface area contributed by atoms with Crippen molar-refractivity contribution in [3.8, 4) is 0 Å². The Balaban J connectivity index is 2.48. The number of hydrogen-bond donors (Lipinski definition) is 0. The van der Waals surface area contributed by atoms with Gasteiger partial charge in [-0.15, -0.1) is 0 Å². The number of carbonyl (C=O) groups excluding carboxylic acids is 1. The normalized spacial score (nSPS) is 29.4. The van der Waals surface area contributed by atoms with Crippen LogP contribution in [-0.4, -0.2) is 18.7 Å². The predicted molar refractivity (Wildman–Crippen MR) is 72.1 cm³/mol. The summed E-state index contributed by atoms with van der Waals surface area (Å²) in [6, 6.07) is 4.73. The molecule has 0 bridgehead atoms. The maximum atomic E-state index is 14.1. The number of methoxy groups -OCH3 is 1. The molecule has 104 valence electrons. The van der Waals surface area contributed by atoms with E-state index in [1.807, 2.05) is 13.8 Å². The number of esters is 1. The van der Waals surface area contributed by atoms with Gasteiger partial charge in [0, 0.05) is 10.0 Å². The molecule has 1 aromatic carbocycles. The van der Waals surface area contributed by atoms with E-state index < -0.39 is 23.0 Å². The molecule has 2 atom stereocenters. The molecule has 1 saturated heterocycles. The zero-order chi connectivity index (χ0) is 14.4. The molecule has 0 saturated carbocycles. The fourth-order valence-corrected chi connectivity index (χ4v) is 3.05. The minimum absolute atomic E-state index is 0.118. The second-order valence-electron chi connectivity index (χ2n) is 5.14. The van der Waals surface area contributed by atoms with Gasteiger partial charge >= 0.3 is 5.97 Å². The Morgan fingerprint density at radius 2 is 2.11 bits per heavy atom. The molecule has 2 unspecified atom stereocenters. The lowest BCUT2D eigenvalue weighted by atomic mass is 9.80. The summed E-state index contributed by atoms with van der Waals surface area (Å²) in [6.07, 6.45) is 0. The van der Waals surface area contributed by atoms with Crippen LogP contribution in [0.1, 0.15) is 26.3 Å². The molecule has 0 radical (unpaired) electrons. The van der Waals surface area contributed by atoms with E-state index in [-0.39, 0.29) is 5.92 Å². The molecular formula is C14H16BrFO3. The van der Waals surface area contributed by atoms with Crippen molar-refractivity contribution in [2.24, 2.45) is 5.92 Å². The smallest absolute Gasteiger partial charge is 0.341 e. The van der Waals surface area contributed by atoms with Crippen LogP contribution >= 0.6 is 15.9 Å². The second-order valence-corrected chi connectivity index (χ2v) is 6.06. The third-order valence-electron chi connectivity index (χ3n) is 3.78. The maximum absolute atomic E-state index is 14.1. The quantitative estimate of drug-likeness (QED) is 0.629. The Labute approximate surface area is 120 Å². The monoisotopic (exact) mass is 330 g/mol. The predicted octanol–water partition coefficient (Wildman–Crippen LogP) is 3.40. The SMILES string of the molecule is COC(=O)C1(C(C)C)OC1(C)c1ccc(Br)cc1F. The summed E-state index contributed by atoms with van der Waals surface area (Å²) in [5.41, 5.74) is -1.73. The van der Waals surface area contributed by atoms with Crippen molar-refractivity contribution in [2.75, 3.05) is 7.11 Å². The number of carbonyl (C=O) groups is 1. The van der Waals surface area contributed by atoms with Gasteiger partial charge in [-0.25, -0.2) is 9.18 Å². The molecule has 2 rings (SSSR count). The average molecular weight is 331 g/mol. The van der Waals surface area contributed by atoms with Crippen LogP contribution in [0.5, 0.6) is 0 Å². The van der Waals surface area contributed by atoms with Crippen LogP contribution in [0.15, 0.2) is 22.7 Å². The third kappa shape index (κ3) is 1.91. The van der Waals surface area contributed by atoms with Crippen molar-refractivity contribution < 1.29 is 18.7 Å². The molecule has 5 heteroatoms. The van der Waals surface area contributed by atoms with Crippen molar-refractivity contribution in [3.63, 3.8) is 0 Å². The number of benzene rings is 1. The van der Waals surface area contributed by atoms with Gasteiger partial charge in [-0.2, -0.15) is 0 Å². The second kappa shape index (κ2) is 4.56. The van der Waals surface area contributed by atoms with Crippen molar-refractivity contribution in [2.45, 2.75) is 32.0 Å². The van der Waals surface area contributed by atoms with Crippen LogP contribution in [0.25, 0.3) is 0 Å². The van der Waals surface area contributed by atoms with Gasteiger partial charge in [-0.05, 0) is 25.0 Å². The molecule has 1 aliphatic rings. The Morgan fingerprint density at radius 1 is 1.47 bits per heavy atom. The van der Waals surface area contributed by atoms with Crippen molar-refractivity contribution in [1.82, 2.24) is 0 Å². The Bertz CT molecular complexity index is 531. The third-order valence-corrected chi connectivity index (χ3v) is 4.27. The fraction of sp³-hybridized carbons (Fsp3) is 0.500. The first kappa shape index (κ1) is 14.5. The highest BCUT2D eigenvalue weighted by Crippen LogP contribution is 2.60. The first-order valence-electron chi connectivity index (χ1n) is 6.03. The number of halogens is 2. The van der Waals surface area contributed by atoms with Gasteiger partial charge in [-0.3, -0.25) is 0 Å². The lowest BCUT2D eigenvalue weighted by Crippen LogP contribution is -2.38. The standard InChI is InChI=1S/C14H16BrFO3/c1-8(2)14(12(17)18-4)13(3,19-14)10-6-5-9(15)7-11(10)16/h5-8H,1-4H3. The summed E-state index contributed by atoms with van der Waals surface area (Å²) in [7, 11) is 1.31. The van der Waals surface area contributed by atoms with Crippen molar-refractivity contribution in [3.05, 3.63) is 34.1 Å². The van der Waals surface area contributed by atoms with E-state index in [0.717, 1.165) is 0 Å². The van der Waals surface area contributed by atoms with E-state index >= 15 is 0 Å². The number of hydrogen-bond acceptors (Lipinski definition) is 3. The van der Waals surface area contributed by atoms with E-state index in [4.69, 9.17) is 9.47 Å². The van der Waals surface area contributed by atoms with Crippen LogP contribution in [0.4, 0.5) is 4.39 Å². The summed E-state index contributed by atoms with van der Waals surface area (Å²) < 4.78 is 25.2. The summed E-state index contributed by atoms with van der Waals surface area (Å²) in [5, 5.41) is 0. The molecule has 0 N–H and O–H groups in total. The highest BCUT2D eigenvalue weighted by Gasteiger charge is 2.75. The van der Waals surface area contributed by atoms with Crippen LogP contribution in [-0.2, 0) is 19.9 Å². The molecule has 1 aliphatic heterocycles. The van der Waals surface area contributed by atoms with Crippen molar-refractivity contribution >= 4 is 21.9 Å². The molecule has 1 fully saturated rings. The van der Waals surface area contributed by atoms with Gasteiger partial charge in [0.25, 0.3) is 0 Å². The zero-order valence-corrected chi connectivity index (χ0v) is 12.9. The minimum Gasteiger partial charge on any atom is -0.467 e. The van der Waals surface area contributed by atoms with Gasteiger partial charge < -0.3 is 9.47 Å². The molecule has 1 aromatic rings. The van der Waals surface area contributed by atoms with Crippen molar-refractivity contribution in [1.29, 1.82) is 0 Å². The highest BCUT2D eigenvalue weighted by atomic mass is 79.9. The molecular weight excluding hydrogens is 315 g/mol. The maximum Gasteiger partial charge on any atom is 0.341 e. The lowest BCUT2D eigenvalue weighted by Gasteiger charge is -2.19. The van der Waals surface area contributed by atoms with E-state index in [1.165, 1.54) is 13.2 Å². The van der Waals surface area contributed by atoms with E-state index in [2.05, 4.69) is 15.9 Å². The number of epoxide rings is 1. The number of ether oxygens (including phenoxy) is 2. The molecule has 19 heavy (non-hydrogen) atoms. The summed E-state index contributed by atoms with van der Waals surface area (Å²) in [6.45, 7) is 5.44. The van der Waals surface area contributed by atoms with Crippen LogP contribution in [0.3, 0.4) is 0 Å². The molecule has 0 aliphatic carbocycles. The van der Waals surface area contributed by atoms with Gasteiger partial charge in [0.2, 0.25) is 5.60 Å². The van der Waals surface area contributed by atoms with E-state index in [0.29, 0.717) is 10.0 Å². The summed E-state index contributed by atoms with van der Waals surface area (Å²) in [5.74, 6) is -0.983. The first-order chi connectivity index (χ1) is 8.79. The van der Waals surface area contributed by atoms with Crippen LogP contribution in [0, 0.1) is 11.7 Å². The Morgan fingerprint density at radius 3 is 2.58 bits per heavy atom. The topological polar surface area (TPSA) is 38.8 Å². The van der Waals surface area contributed by atoms with Gasteiger partial charge in [0.1, 0.15) is 11.4 Å². The van der Waals surface area contributed by atoms with Crippen LogP contribution in [0.2, 0.25) is 0 Å². The molecule has 3 nitrogen and oxygen atoms in total. The summed E-state index contributed by atoms with van der Waals surface area (Å²) >= 11 is 3.21. The Kier molecular flexibility index (Phi) is 3.47. The van der Waals surface area contributed by atoms with Gasteiger partial charge in [-0.1, -0.05) is 35.8 Å². The van der Waals surface area contributed by atoms with E-state index in [9.17, 15) is 9.18 Å². The van der Waals surface area contributed by atoms with Gasteiger partial charge in [0.15, 0.2) is 0 Å². The molecule has 0 amide bonds. The fourth-order valence-electron chi connectivity index (χ4n) is 2.72. The molecule has 1 heterocycles. The number of rotatable bonds is 3. The summed E-state index contributed by atoms with van der Waals surface area (Å²) in [4.78, 5) is 12.0. The molecule has 0 spiro atoms. The van der Waals surface area contributed by atoms with Gasteiger partial charge in [0.05, 0.1) is 7.11 Å².